The summed E-state index contributed by atoms with van der Waals surface area (Å²) in [5.41, 5.74) is 4.94. The molecule has 0 aliphatic carbocycles. The highest BCUT2D eigenvalue weighted by Gasteiger charge is 2.16. The molecule has 142 valence electrons. The summed E-state index contributed by atoms with van der Waals surface area (Å²) in [5, 5.41) is 18.0. The molecule has 4 aromatic heterocycles. The first-order valence-electron chi connectivity index (χ1n) is 9.10. The molecule has 1 amide bonds. The van der Waals surface area contributed by atoms with Crippen molar-refractivity contribution in [1.29, 1.82) is 0 Å². The number of fused-ring (bicyclic) bond motifs is 3. The molecule has 0 saturated heterocycles. The second-order valence-corrected chi connectivity index (χ2v) is 6.67. The van der Waals surface area contributed by atoms with E-state index in [1.165, 1.54) is 6.33 Å². The number of nitrogens with one attached hydrogen (secondary N) is 1. The number of aromatic nitrogens is 5. The van der Waals surface area contributed by atoms with Crippen molar-refractivity contribution in [2.75, 3.05) is 5.32 Å². The predicted molar refractivity (Wildman–Crippen MR) is 106 cm³/mol. The van der Waals surface area contributed by atoms with Gasteiger partial charge in [0.1, 0.15) is 12.1 Å². The van der Waals surface area contributed by atoms with Gasteiger partial charge in [-0.15, -0.1) is 0 Å². The third-order valence-electron chi connectivity index (χ3n) is 4.76. The summed E-state index contributed by atoms with van der Waals surface area (Å²) in [6.07, 6.45) is 6.55. The van der Waals surface area contributed by atoms with E-state index in [1.54, 1.807) is 23.0 Å². The zero-order chi connectivity index (χ0) is 19.7. The number of aryl methyl sites for hydroxylation is 1. The van der Waals surface area contributed by atoms with Crippen LogP contribution in [0.15, 0.2) is 36.9 Å². The van der Waals surface area contributed by atoms with E-state index in [-0.39, 0.29) is 0 Å². The molecule has 0 aliphatic heterocycles. The van der Waals surface area contributed by atoms with E-state index < -0.39 is 6.10 Å². The number of hydrogen-bond donors (Lipinski definition) is 2. The number of anilines is 1. The molecule has 1 atom stereocenters. The molecule has 2 N–H and O–H groups in total. The smallest absolute Gasteiger partial charge is 0.212 e. The zero-order valence-electron chi connectivity index (χ0n) is 15.6. The van der Waals surface area contributed by atoms with Crippen molar-refractivity contribution >= 4 is 28.8 Å². The molecule has 1 unspecified atom stereocenters. The Morgan fingerprint density at radius 3 is 2.79 bits per heavy atom. The second-order valence-electron chi connectivity index (χ2n) is 6.67. The number of nitrogens with zero attached hydrogens (tertiary/aromatic N) is 5. The third-order valence-corrected chi connectivity index (χ3v) is 4.76. The molecule has 8 heteroatoms. The van der Waals surface area contributed by atoms with Gasteiger partial charge in [-0.1, -0.05) is 13.3 Å². The fraction of sp³-hybridized carbons (Fsp3) is 0.250. The van der Waals surface area contributed by atoms with Gasteiger partial charge in [-0.2, -0.15) is 5.10 Å². The molecular formula is C20H20N6O2. The largest absolute Gasteiger partial charge is 0.387 e. The molecule has 0 fully saturated rings. The zero-order valence-corrected chi connectivity index (χ0v) is 15.6. The van der Waals surface area contributed by atoms with Gasteiger partial charge in [-0.3, -0.25) is 9.78 Å². The Bertz CT molecular complexity index is 1170. The fourth-order valence-corrected chi connectivity index (χ4v) is 3.37. The lowest BCUT2D eigenvalue weighted by Crippen LogP contribution is -2.02. The quantitative estimate of drug-likeness (QED) is 0.501. The first kappa shape index (κ1) is 18.0. The van der Waals surface area contributed by atoms with Crippen LogP contribution in [-0.2, 0) is 4.79 Å². The average molecular weight is 376 g/mol. The second kappa shape index (κ2) is 7.32. The molecule has 4 aromatic rings. The van der Waals surface area contributed by atoms with Crippen LogP contribution in [0.25, 0.3) is 27.7 Å². The topological polar surface area (TPSA) is 105 Å². The van der Waals surface area contributed by atoms with Crippen molar-refractivity contribution < 1.29 is 9.90 Å². The molecule has 0 bridgehead atoms. The summed E-state index contributed by atoms with van der Waals surface area (Å²) in [6.45, 7) is 4.03. The van der Waals surface area contributed by atoms with Gasteiger partial charge in [0.25, 0.3) is 0 Å². The Morgan fingerprint density at radius 2 is 2.04 bits per heavy atom. The maximum Gasteiger partial charge on any atom is 0.212 e. The van der Waals surface area contributed by atoms with E-state index in [9.17, 15) is 9.90 Å². The Hall–Kier alpha value is -3.39. The third kappa shape index (κ3) is 3.07. The first-order valence-corrected chi connectivity index (χ1v) is 9.10. The Morgan fingerprint density at radius 1 is 1.18 bits per heavy atom. The number of aliphatic hydroxyl groups is 1. The van der Waals surface area contributed by atoms with Gasteiger partial charge in [-0.25, -0.2) is 14.5 Å². The van der Waals surface area contributed by atoms with Crippen LogP contribution in [0.2, 0.25) is 0 Å². The molecule has 28 heavy (non-hydrogen) atoms. The van der Waals surface area contributed by atoms with Crippen LogP contribution in [0, 0.1) is 6.92 Å². The van der Waals surface area contributed by atoms with Gasteiger partial charge in [0.15, 0.2) is 5.65 Å². The minimum Gasteiger partial charge on any atom is -0.387 e. The van der Waals surface area contributed by atoms with E-state index in [4.69, 9.17) is 0 Å². The van der Waals surface area contributed by atoms with Gasteiger partial charge in [0.05, 0.1) is 17.3 Å². The molecular weight excluding hydrogens is 356 g/mol. The predicted octanol–water partition coefficient (Wildman–Crippen LogP) is 3.05. The highest BCUT2D eigenvalue weighted by molar-refractivity contribution is 5.92. The normalized spacial score (nSPS) is 12.4. The van der Waals surface area contributed by atoms with Crippen molar-refractivity contribution in [2.45, 2.75) is 32.8 Å². The summed E-state index contributed by atoms with van der Waals surface area (Å²) in [5.74, 6) is 0.444. The summed E-state index contributed by atoms with van der Waals surface area (Å²) >= 11 is 0. The summed E-state index contributed by atoms with van der Waals surface area (Å²) < 4.78 is 1.72. The molecule has 0 aliphatic rings. The minimum absolute atomic E-state index is 0.444. The number of carbonyl (C=O) groups excluding carboxylic acids is 1. The monoisotopic (exact) mass is 376 g/mol. The van der Waals surface area contributed by atoms with Gasteiger partial charge in [0.2, 0.25) is 6.41 Å². The van der Waals surface area contributed by atoms with Crippen LogP contribution in [0.3, 0.4) is 0 Å². The van der Waals surface area contributed by atoms with Crippen LogP contribution in [0.1, 0.15) is 37.1 Å². The Kier molecular flexibility index (Phi) is 4.70. The van der Waals surface area contributed by atoms with Crippen LogP contribution in [0.5, 0.6) is 0 Å². The van der Waals surface area contributed by atoms with Crippen LogP contribution in [-0.4, -0.2) is 36.1 Å². The molecule has 4 heterocycles. The van der Waals surface area contributed by atoms with Crippen LogP contribution in [0.4, 0.5) is 5.82 Å². The number of carbonyl (C=O) groups is 1. The van der Waals surface area contributed by atoms with E-state index >= 15 is 0 Å². The van der Waals surface area contributed by atoms with Crippen LogP contribution >= 0.6 is 0 Å². The summed E-state index contributed by atoms with van der Waals surface area (Å²) in [4.78, 5) is 23.8. The number of aliphatic hydroxyl groups excluding tert-OH is 1. The highest BCUT2D eigenvalue weighted by atomic mass is 16.3. The highest BCUT2D eigenvalue weighted by Crippen LogP contribution is 2.31. The molecule has 0 saturated carbocycles. The Labute approximate surface area is 161 Å². The molecule has 4 rings (SSSR count). The lowest BCUT2D eigenvalue weighted by Gasteiger charge is -2.13. The Balaban J connectivity index is 1.88. The maximum atomic E-state index is 10.7. The number of hydrogen-bond acceptors (Lipinski definition) is 6. The van der Waals surface area contributed by atoms with Crippen molar-refractivity contribution in [3.8, 4) is 11.1 Å². The van der Waals surface area contributed by atoms with E-state index in [2.05, 4.69) is 25.4 Å². The van der Waals surface area contributed by atoms with E-state index in [0.717, 1.165) is 34.0 Å². The summed E-state index contributed by atoms with van der Waals surface area (Å²) in [7, 11) is 0. The first-order chi connectivity index (χ1) is 13.6. The molecule has 0 aromatic carbocycles. The van der Waals surface area contributed by atoms with Gasteiger partial charge < -0.3 is 10.4 Å². The molecule has 0 spiro atoms. The van der Waals surface area contributed by atoms with E-state index in [1.807, 2.05) is 26.0 Å². The maximum absolute atomic E-state index is 10.7. The lowest BCUT2D eigenvalue weighted by molar-refractivity contribution is -0.105. The van der Waals surface area contributed by atoms with Gasteiger partial charge in [-0.05, 0) is 31.0 Å². The van der Waals surface area contributed by atoms with Crippen molar-refractivity contribution in [3.63, 3.8) is 0 Å². The minimum atomic E-state index is -0.560. The SMILES string of the molecule is CCCC(O)c1cc(C)c(-c2cc3cnc(NC=O)cc3n3ncnc23)cn1. The standard InChI is InChI=1S/C20H20N6O2/c1-3-4-18(28)16-5-12(2)15(9-21-16)14-6-13-8-22-19(24-11-27)7-17(13)26-20(14)23-10-25-26/h5-11,18,28H,3-4H2,1-2H3,(H,22,24,27). The number of rotatable bonds is 6. The lowest BCUT2D eigenvalue weighted by atomic mass is 10.00. The average Bonchev–Trinajstić information content (AvgIpc) is 3.18. The van der Waals surface area contributed by atoms with E-state index in [0.29, 0.717) is 30.0 Å². The molecule has 0 radical (unpaired) electrons. The van der Waals surface area contributed by atoms with Crippen molar-refractivity contribution in [2.24, 2.45) is 0 Å². The van der Waals surface area contributed by atoms with Crippen LogP contribution < -0.4 is 5.32 Å². The summed E-state index contributed by atoms with van der Waals surface area (Å²) in [6, 6.07) is 5.66. The number of amides is 1. The fourth-order valence-electron chi connectivity index (χ4n) is 3.37. The van der Waals surface area contributed by atoms with Gasteiger partial charge in [0, 0.05) is 35.0 Å². The molecule has 8 nitrogen and oxygen atoms in total. The number of pyridine rings is 3. The van der Waals surface area contributed by atoms with Crippen molar-refractivity contribution in [3.05, 3.63) is 48.2 Å². The van der Waals surface area contributed by atoms with Gasteiger partial charge >= 0.3 is 0 Å². The van der Waals surface area contributed by atoms with Crippen molar-refractivity contribution in [1.82, 2.24) is 24.6 Å².